The predicted octanol–water partition coefficient (Wildman–Crippen LogP) is 1.24. The molecule has 1 aromatic heterocycles. The molecule has 5 heteroatoms. The van der Waals surface area contributed by atoms with Gasteiger partial charge in [0.1, 0.15) is 5.56 Å². The quantitative estimate of drug-likeness (QED) is 0.600. The van der Waals surface area contributed by atoms with Gasteiger partial charge in [0.2, 0.25) is 0 Å². The monoisotopic (exact) mass is 266 g/mol. The molecular formula is C14H22N2O3. The number of nitrogens with zero attached hydrogens (tertiary/aromatic N) is 1. The zero-order valence-electron chi connectivity index (χ0n) is 11.7. The van der Waals surface area contributed by atoms with Gasteiger partial charge in [-0.25, -0.2) is 0 Å². The Morgan fingerprint density at radius 3 is 2.84 bits per heavy atom. The van der Waals surface area contributed by atoms with Gasteiger partial charge in [0.25, 0.3) is 5.91 Å². The Hall–Kier alpha value is -1.62. The molecule has 0 spiro atoms. The Labute approximate surface area is 113 Å². The SMILES string of the molecule is CC(C)CCC(C)(O)CNC(=O)c1ccc[n+]([O-])c1. The van der Waals surface area contributed by atoms with Crippen molar-refractivity contribution in [3.05, 3.63) is 35.3 Å². The lowest BCUT2D eigenvalue weighted by molar-refractivity contribution is -0.605. The zero-order chi connectivity index (χ0) is 14.5. The van der Waals surface area contributed by atoms with Crippen LogP contribution < -0.4 is 10.0 Å². The fraction of sp³-hybridized carbons (Fsp3) is 0.571. The summed E-state index contributed by atoms with van der Waals surface area (Å²) >= 11 is 0. The van der Waals surface area contributed by atoms with Gasteiger partial charge in [-0.1, -0.05) is 13.8 Å². The number of amides is 1. The molecule has 0 aromatic carbocycles. The molecule has 0 saturated carbocycles. The first-order chi connectivity index (χ1) is 8.80. The fourth-order valence-corrected chi connectivity index (χ4v) is 1.65. The number of aromatic nitrogens is 1. The minimum absolute atomic E-state index is 0.173. The van der Waals surface area contributed by atoms with E-state index in [1.165, 1.54) is 18.5 Å². The van der Waals surface area contributed by atoms with Crippen LogP contribution >= 0.6 is 0 Å². The van der Waals surface area contributed by atoms with E-state index in [0.29, 0.717) is 17.1 Å². The Bertz CT molecular complexity index is 430. The topological polar surface area (TPSA) is 76.3 Å². The van der Waals surface area contributed by atoms with Crippen LogP contribution in [0.25, 0.3) is 0 Å². The highest BCUT2D eigenvalue weighted by Gasteiger charge is 2.22. The second-order valence-electron chi connectivity index (χ2n) is 5.56. The van der Waals surface area contributed by atoms with E-state index in [4.69, 9.17) is 0 Å². The molecule has 0 saturated heterocycles. The molecule has 1 rings (SSSR count). The van der Waals surface area contributed by atoms with Gasteiger partial charge in [-0.15, -0.1) is 0 Å². The van der Waals surface area contributed by atoms with Crippen molar-refractivity contribution in [2.24, 2.45) is 5.92 Å². The third-order valence-corrected chi connectivity index (χ3v) is 2.93. The molecule has 106 valence electrons. The van der Waals surface area contributed by atoms with Gasteiger partial charge in [-0.05, 0) is 31.7 Å². The van der Waals surface area contributed by atoms with E-state index in [0.717, 1.165) is 6.42 Å². The molecule has 0 aliphatic rings. The van der Waals surface area contributed by atoms with Crippen LogP contribution in [0.5, 0.6) is 0 Å². The first-order valence-electron chi connectivity index (χ1n) is 6.49. The van der Waals surface area contributed by atoms with Crippen LogP contribution in [0, 0.1) is 11.1 Å². The number of aliphatic hydroxyl groups is 1. The summed E-state index contributed by atoms with van der Waals surface area (Å²) in [4.78, 5) is 11.8. The summed E-state index contributed by atoms with van der Waals surface area (Å²) < 4.78 is 0.575. The van der Waals surface area contributed by atoms with Gasteiger partial charge < -0.3 is 15.6 Å². The normalized spacial score (nSPS) is 14.2. The highest BCUT2D eigenvalue weighted by Crippen LogP contribution is 2.15. The third-order valence-electron chi connectivity index (χ3n) is 2.93. The maximum absolute atomic E-state index is 11.8. The summed E-state index contributed by atoms with van der Waals surface area (Å²) in [5, 5.41) is 23.8. The maximum Gasteiger partial charge on any atom is 0.257 e. The molecule has 1 aromatic rings. The molecule has 0 fully saturated rings. The fourth-order valence-electron chi connectivity index (χ4n) is 1.65. The van der Waals surface area contributed by atoms with Crippen molar-refractivity contribution in [3.8, 4) is 0 Å². The van der Waals surface area contributed by atoms with E-state index in [2.05, 4.69) is 19.2 Å². The van der Waals surface area contributed by atoms with Gasteiger partial charge in [-0.3, -0.25) is 4.79 Å². The molecule has 1 amide bonds. The molecule has 0 aliphatic carbocycles. The van der Waals surface area contributed by atoms with Crippen molar-refractivity contribution >= 4 is 5.91 Å². The van der Waals surface area contributed by atoms with Crippen LogP contribution in [0.2, 0.25) is 0 Å². The number of hydrogen-bond acceptors (Lipinski definition) is 3. The average Bonchev–Trinajstić information content (AvgIpc) is 2.34. The van der Waals surface area contributed by atoms with Crippen LogP contribution in [-0.4, -0.2) is 23.2 Å². The smallest absolute Gasteiger partial charge is 0.257 e. The number of carbonyl (C=O) groups excluding carboxylic acids is 1. The maximum atomic E-state index is 11.8. The lowest BCUT2D eigenvalue weighted by Gasteiger charge is -2.24. The van der Waals surface area contributed by atoms with Crippen molar-refractivity contribution in [2.75, 3.05) is 6.54 Å². The van der Waals surface area contributed by atoms with E-state index in [9.17, 15) is 15.1 Å². The molecule has 1 unspecified atom stereocenters. The van der Waals surface area contributed by atoms with Gasteiger partial charge in [0.15, 0.2) is 12.4 Å². The van der Waals surface area contributed by atoms with Crippen LogP contribution in [0.15, 0.2) is 24.5 Å². The Morgan fingerprint density at radius 2 is 2.26 bits per heavy atom. The van der Waals surface area contributed by atoms with Gasteiger partial charge in [0.05, 0.1) is 5.60 Å². The summed E-state index contributed by atoms with van der Waals surface area (Å²) in [6.45, 7) is 6.05. The van der Waals surface area contributed by atoms with Gasteiger partial charge in [0, 0.05) is 12.6 Å². The van der Waals surface area contributed by atoms with Crippen molar-refractivity contribution < 1.29 is 14.6 Å². The van der Waals surface area contributed by atoms with E-state index >= 15 is 0 Å². The standard InChI is InChI=1S/C14H22N2O3/c1-11(2)6-7-14(3,18)10-15-13(17)12-5-4-8-16(19)9-12/h4-5,8-9,11,18H,6-7,10H2,1-3H3,(H,15,17). The number of carbonyl (C=O) groups is 1. The summed E-state index contributed by atoms with van der Waals surface area (Å²) in [6.07, 6.45) is 4.05. The number of rotatable bonds is 6. The number of hydrogen-bond donors (Lipinski definition) is 2. The predicted molar refractivity (Wildman–Crippen MR) is 72.4 cm³/mol. The average molecular weight is 266 g/mol. The van der Waals surface area contributed by atoms with E-state index in [1.807, 2.05) is 0 Å². The Kier molecular flexibility index (Phi) is 5.30. The van der Waals surface area contributed by atoms with Crippen LogP contribution in [0.1, 0.15) is 44.0 Å². The molecule has 0 radical (unpaired) electrons. The lowest BCUT2D eigenvalue weighted by Crippen LogP contribution is -2.41. The number of nitrogens with one attached hydrogen (secondary N) is 1. The van der Waals surface area contributed by atoms with Crippen LogP contribution in [-0.2, 0) is 0 Å². The summed E-state index contributed by atoms with van der Waals surface area (Å²) in [7, 11) is 0. The zero-order valence-corrected chi connectivity index (χ0v) is 11.7. The molecule has 5 nitrogen and oxygen atoms in total. The highest BCUT2D eigenvalue weighted by molar-refractivity contribution is 5.93. The number of pyridine rings is 1. The minimum atomic E-state index is -0.928. The molecule has 1 heterocycles. The van der Waals surface area contributed by atoms with Crippen molar-refractivity contribution in [1.82, 2.24) is 5.32 Å². The van der Waals surface area contributed by atoms with Gasteiger partial charge in [-0.2, -0.15) is 4.73 Å². The van der Waals surface area contributed by atoms with Crippen molar-refractivity contribution in [2.45, 2.75) is 39.2 Å². The third kappa shape index (κ3) is 5.70. The lowest BCUT2D eigenvalue weighted by atomic mass is 9.95. The second kappa shape index (κ2) is 6.52. The van der Waals surface area contributed by atoms with Gasteiger partial charge >= 0.3 is 0 Å². The van der Waals surface area contributed by atoms with E-state index in [1.54, 1.807) is 13.0 Å². The summed E-state index contributed by atoms with van der Waals surface area (Å²) in [5.41, 5.74) is -0.639. The molecule has 0 aliphatic heterocycles. The largest absolute Gasteiger partial charge is 0.619 e. The molecule has 1 atom stereocenters. The summed E-state index contributed by atoms with van der Waals surface area (Å²) in [6, 6.07) is 3.07. The van der Waals surface area contributed by atoms with Crippen LogP contribution in [0.4, 0.5) is 0 Å². The highest BCUT2D eigenvalue weighted by atomic mass is 16.5. The minimum Gasteiger partial charge on any atom is -0.619 e. The van der Waals surface area contributed by atoms with Crippen molar-refractivity contribution in [3.63, 3.8) is 0 Å². The Balaban J connectivity index is 2.49. The molecular weight excluding hydrogens is 244 g/mol. The van der Waals surface area contributed by atoms with E-state index < -0.39 is 5.60 Å². The van der Waals surface area contributed by atoms with E-state index in [-0.39, 0.29) is 18.0 Å². The first-order valence-corrected chi connectivity index (χ1v) is 6.49. The molecule has 0 bridgehead atoms. The first kappa shape index (κ1) is 15.4. The van der Waals surface area contributed by atoms with Crippen LogP contribution in [0.3, 0.4) is 0 Å². The molecule has 19 heavy (non-hydrogen) atoms. The second-order valence-corrected chi connectivity index (χ2v) is 5.56. The Morgan fingerprint density at radius 1 is 1.58 bits per heavy atom. The summed E-state index contributed by atoms with van der Waals surface area (Å²) in [5.74, 6) is 0.158. The molecule has 2 N–H and O–H groups in total. The van der Waals surface area contributed by atoms with Crippen molar-refractivity contribution in [1.29, 1.82) is 0 Å².